The Balaban J connectivity index is 1.86. The summed E-state index contributed by atoms with van der Waals surface area (Å²) in [5.41, 5.74) is 1.64. The maximum absolute atomic E-state index is 12.8. The van der Waals surface area contributed by atoms with Gasteiger partial charge >= 0.3 is 0 Å². The van der Waals surface area contributed by atoms with Gasteiger partial charge in [0.2, 0.25) is 5.91 Å². The van der Waals surface area contributed by atoms with Crippen molar-refractivity contribution in [1.29, 1.82) is 0 Å². The first-order valence-electron chi connectivity index (χ1n) is 10.3. The van der Waals surface area contributed by atoms with Crippen molar-refractivity contribution in [3.8, 4) is 11.4 Å². The summed E-state index contributed by atoms with van der Waals surface area (Å²) in [4.78, 5) is 36.8. The summed E-state index contributed by atoms with van der Waals surface area (Å²) < 4.78 is 1.81. The molecule has 3 aromatic rings. The van der Waals surface area contributed by atoms with Crippen LogP contribution in [-0.4, -0.2) is 30.6 Å². The van der Waals surface area contributed by atoms with Crippen LogP contribution in [0.3, 0.4) is 0 Å². The lowest BCUT2D eigenvalue weighted by Crippen LogP contribution is -2.29. The number of pyridine rings is 1. The molecule has 0 spiro atoms. The molecule has 0 radical (unpaired) electrons. The molecule has 0 aliphatic rings. The van der Waals surface area contributed by atoms with Gasteiger partial charge in [-0.15, -0.1) is 0 Å². The van der Waals surface area contributed by atoms with Crippen LogP contribution >= 0.6 is 0 Å². The second-order valence-corrected chi connectivity index (χ2v) is 9.69. The molecule has 8 nitrogen and oxygen atoms in total. The third-order valence-corrected chi connectivity index (χ3v) is 4.88. The minimum absolute atomic E-state index is 0.0817. The standard InChI is InChI=1S/C23H30N6O2/c1-14-16(21(31)27-20(25-14)15-9-8-10-24-13-15)11-19(30)26-18-12-17(22(2,3)4)28-29(18)23(5,6)7/h8-10,12-13H,11H2,1-7H3,(H,26,30)(H,25,27,31). The van der Waals surface area contributed by atoms with Crippen molar-refractivity contribution in [3.63, 3.8) is 0 Å². The molecule has 0 aliphatic heterocycles. The predicted molar refractivity (Wildman–Crippen MR) is 121 cm³/mol. The highest BCUT2D eigenvalue weighted by molar-refractivity contribution is 5.91. The number of nitrogens with zero attached hydrogens (tertiary/aromatic N) is 4. The van der Waals surface area contributed by atoms with Crippen molar-refractivity contribution in [2.75, 3.05) is 5.32 Å². The highest BCUT2D eigenvalue weighted by Crippen LogP contribution is 2.28. The van der Waals surface area contributed by atoms with Crippen LogP contribution in [0.25, 0.3) is 11.4 Å². The zero-order chi connectivity index (χ0) is 23.0. The van der Waals surface area contributed by atoms with Crippen molar-refractivity contribution in [3.05, 3.63) is 57.9 Å². The van der Waals surface area contributed by atoms with Gasteiger partial charge in [0.25, 0.3) is 5.56 Å². The molecule has 0 unspecified atom stereocenters. The van der Waals surface area contributed by atoms with Gasteiger partial charge in [0.15, 0.2) is 0 Å². The van der Waals surface area contributed by atoms with Crippen molar-refractivity contribution in [2.24, 2.45) is 0 Å². The number of aromatic nitrogens is 5. The molecular formula is C23H30N6O2. The minimum atomic E-state index is -0.332. The molecular weight excluding hydrogens is 392 g/mol. The predicted octanol–water partition coefficient (Wildman–Crippen LogP) is 3.57. The van der Waals surface area contributed by atoms with Gasteiger partial charge in [-0.3, -0.25) is 14.6 Å². The fourth-order valence-electron chi connectivity index (χ4n) is 3.15. The van der Waals surface area contributed by atoms with Gasteiger partial charge < -0.3 is 10.3 Å². The third-order valence-electron chi connectivity index (χ3n) is 4.88. The van der Waals surface area contributed by atoms with Gasteiger partial charge in [-0.1, -0.05) is 20.8 Å². The number of carbonyl (C=O) groups excluding carboxylic acids is 1. The lowest BCUT2D eigenvalue weighted by Gasteiger charge is -2.23. The summed E-state index contributed by atoms with van der Waals surface area (Å²) >= 11 is 0. The SMILES string of the molecule is Cc1nc(-c2cccnc2)[nH]c(=O)c1CC(=O)Nc1cc(C(C)(C)C)nn1C(C)(C)C. The number of carbonyl (C=O) groups is 1. The van der Waals surface area contributed by atoms with Gasteiger partial charge in [-0.2, -0.15) is 5.10 Å². The molecule has 8 heteroatoms. The summed E-state index contributed by atoms with van der Waals surface area (Å²) in [6.07, 6.45) is 3.20. The first-order chi connectivity index (χ1) is 14.4. The summed E-state index contributed by atoms with van der Waals surface area (Å²) in [7, 11) is 0. The molecule has 0 bridgehead atoms. The number of aryl methyl sites for hydroxylation is 1. The molecule has 0 fully saturated rings. The molecule has 164 valence electrons. The highest BCUT2D eigenvalue weighted by atomic mass is 16.2. The van der Waals surface area contributed by atoms with E-state index in [0.717, 1.165) is 5.69 Å². The largest absolute Gasteiger partial charge is 0.311 e. The molecule has 1 amide bonds. The van der Waals surface area contributed by atoms with Crippen LogP contribution in [0.4, 0.5) is 5.82 Å². The van der Waals surface area contributed by atoms with Crippen molar-refractivity contribution in [2.45, 2.75) is 65.8 Å². The highest BCUT2D eigenvalue weighted by Gasteiger charge is 2.26. The van der Waals surface area contributed by atoms with E-state index in [-0.39, 0.29) is 28.8 Å². The maximum atomic E-state index is 12.8. The van der Waals surface area contributed by atoms with E-state index in [4.69, 9.17) is 5.10 Å². The van der Waals surface area contributed by atoms with Crippen LogP contribution < -0.4 is 10.9 Å². The number of hydrogen-bond donors (Lipinski definition) is 2. The van der Waals surface area contributed by atoms with E-state index < -0.39 is 0 Å². The van der Waals surface area contributed by atoms with Gasteiger partial charge in [0, 0.05) is 40.7 Å². The average Bonchev–Trinajstić information content (AvgIpc) is 3.10. The minimum Gasteiger partial charge on any atom is -0.311 e. The van der Waals surface area contributed by atoms with E-state index in [1.807, 2.05) is 37.6 Å². The Morgan fingerprint density at radius 2 is 1.90 bits per heavy atom. The summed E-state index contributed by atoms with van der Waals surface area (Å²) in [6.45, 7) is 14.0. The molecule has 0 atom stereocenters. The Bertz CT molecular complexity index is 1150. The van der Waals surface area contributed by atoms with Gasteiger partial charge in [0.1, 0.15) is 11.6 Å². The van der Waals surface area contributed by atoms with Crippen LogP contribution in [0.5, 0.6) is 0 Å². The smallest absolute Gasteiger partial charge is 0.255 e. The van der Waals surface area contributed by atoms with Crippen molar-refractivity contribution in [1.82, 2.24) is 24.7 Å². The zero-order valence-electron chi connectivity index (χ0n) is 19.2. The fourth-order valence-corrected chi connectivity index (χ4v) is 3.15. The molecule has 2 N–H and O–H groups in total. The average molecular weight is 423 g/mol. The summed E-state index contributed by atoms with van der Waals surface area (Å²) in [6, 6.07) is 5.48. The number of hydrogen-bond acceptors (Lipinski definition) is 5. The number of rotatable bonds is 4. The van der Waals surface area contributed by atoms with E-state index >= 15 is 0 Å². The molecule has 3 aromatic heterocycles. The monoisotopic (exact) mass is 422 g/mol. The quantitative estimate of drug-likeness (QED) is 0.669. The van der Waals surface area contributed by atoms with E-state index in [2.05, 4.69) is 41.0 Å². The molecule has 0 aromatic carbocycles. The number of amides is 1. The maximum Gasteiger partial charge on any atom is 0.255 e. The van der Waals surface area contributed by atoms with Gasteiger partial charge in [0.05, 0.1) is 17.7 Å². The van der Waals surface area contributed by atoms with Crippen molar-refractivity contribution >= 4 is 11.7 Å². The number of H-pyrrole nitrogens is 1. The van der Waals surface area contributed by atoms with Crippen molar-refractivity contribution < 1.29 is 4.79 Å². The van der Waals surface area contributed by atoms with E-state index in [1.165, 1.54) is 0 Å². The number of aromatic amines is 1. The Kier molecular flexibility index (Phi) is 5.85. The molecule has 0 saturated carbocycles. The Labute approximate surface area is 182 Å². The lowest BCUT2D eigenvalue weighted by molar-refractivity contribution is -0.115. The molecule has 0 saturated heterocycles. The van der Waals surface area contributed by atoms with E-state index in [1.54, 1.807) is 25.4 Å². The first-order valence-corrected chi connectivity index (χ1v) is 10.3. The van der Waals surface area contributed by atoms with Crippen LogP contribution in [0.2, 0.25) is 0 Å². The fraction of sp³-hybridized carbons (Fsp3) is 0.435. The van der Waals surface area contributed by atoms with E-state index in [0.29, 0.717) is 28.5 Å². The van der Waals surface area contributed by atoms with Crippen LogP contribution in [0.1, 0.15) is 58.5 Å². The second kappa shape index (κ2) is 8.09. The van der Waals surface area contributed by atoms with Gasteiger partial charge in [-0.25, -0.2) is 9.67 Å². The Morgan fingerprint density at radius 1 is 1.19 bits per heavy atom. The lowest BCUT2D eigenvalue weighted by atomic mass is 9.92. The Hall–Kier alpha value is -3.29. The normalized spacial score (nSPS) is 12.1. The van der Waals surface area contributed by atoms with Crippen LogP contribution in [0, 0.1) is 6.92 Å². The van der Waals surface area contributed by atoms with Crippen LogP contribution in [0.15, 0.2) is 35.4 Å². The first kappa shape index (κ1) is 22.4. The Morgan fingerprint density at radius 3 is 2.45 bits per heavy atom. The molecule has 31 heavy (non-hydrogen) atoms. The molecule has 0 aliphatic carbocycles. The number of anilines is 1. The summed E-state index contributed by atoms with van der Waals surface area (Å²) in [5, 5.41) is 7.64. The topological polar surface area (TPSA) is 106 Å². The number of nitrogens with one attached hydrogen (secondary N) is 2. The molecule has 3 heterocycles. The second-order valence-electron chi connectivity index (χ2n) is 9.69. The third kappa shape index (κ3) is 5.07. The molecule has 3 rings (SSSR count). The van der Waals surface area contributed by atoms with Gasteiger partial charge in [-0.05, 0) is 39.8 Å². The summed E-state index contributed by atoms with van der Waals surface area (Å²) in [5.74, 6) is 0.743. The van der Waals surface area contributed by atoms with Crippen LogP contribution in [-0.2, 0) is 22.2 Å². The zero-order valence-corrected chi connectivity index (χ0v) is 19.2. The van der Waals surface area contributed by atoms with E-state index in [9.17, 15) is 9.59 Å².